The molecule has 0 bridgehead atoms. The Hall–Kier alpha value is -2.16. The quantitative estimate of drug-likeness (QED) is 0.792. The molecular weight excluding hydrogens is 218 g/mol. The highest BCUT2D eigenvalue weighted by Gasteiger charge is 2.12. The molecule has 0 aromatic heterocycles. The number of nitriles is 1. The third-order valence-electron chi connectivity index (χ3n) is 1.81. The van der Waals surface area contributed by atoms with E-state index in [0.29, 0.717) is 0 Å². The van der Waals surface area contributed by atoms with Gasteiger partial charge in [0.1, 0.15) is 12.2 Å². The van der Waals surface area contributed by atoms with Gasteiger partial charge in [0.2, 0.25) is 0 Å². The van der Waals surface area contributed by atoms with E-state index in [-0.39, 0.29) is 12.1 Å². The molecule has 0 aliphatic heterocycles. The van der Waals surface area contributed by atoms with E-state index in [1.807, 2.05) is 0 Å². The van der Waals surface area contributed by atoms with Gasteiger partial charge in [-0.1, -0.05) is 0 Å². The van der Waals surface area contributed by atoms with Gasteiger partial charge in [-0.15, -0.1) is 0 Å². The zero-order valence-corrected chi connectivity index (χ0v) is 8.38. The molecule has 1 N–H and O–H groups in total. The number of hydrogen-bond donors (Lipinski definition) is 1. The highest BCUT2D eigenvalue weighted by molar-refractivity contribution is 5.75. The number of nitrogens with zero attached hydrogens (tertiary/aromatic N) is 1. The lowest BCUT2D eigenvalue weighted by molar-refractivity contribution is -0.138. The molecule has 0 aliphatic rings. The van der Waals surface area contributed by atoms with Gasteiger partial charge < -0.3 is 10.1 Å². The first-order chi connectivity index (χ1) is 7.58. The Kier molecular flexibility index (Phi) is 3.78. The maximum Gasteiger partial charge on any atom is 0.325 e. The molecule has 0 atom stereocenters. The van der Waals surface area contributed by atoms with Gasteiger partial charge in [0, 0.05) is 0 Å². The van der Waals surface area contributed by atoms with Crippen LogP contribution in [0.2, 0.25) is 0 Å². The van der Waals surface area contributed by atoms with Crippen LogP contribution in [0.15, 0.2) is 12.1 Å². The molecule has 1 rings (SSSR count). The number of ether oxygens (including phenoxy) is 1. The van der Waals surface area contributed by atoms with E-state index in [0.717, 1.165) is 19.2 Å². The van der Waals surface area contributed by atoms with E-state index in [1.54, 1.807) is 6.07 Å². The molecule has 0 spiro atoms. The van der Waals surface area contributed by atoms with Crippen molar-refractivity contribution >= 4 is 11.7 Å². The monoisotopic (exact) mass is 226 g/mol. The Bertz CT molecular complexity index is 432. The van der Waals surface area contributed by atoms with Crippen molar-refractivity contribution in [1.82, 2.24) is 0 Å². The summed E-state index contributed by atoms with van der Waals surface area (Å²) in [6.45, 7) is -0.351. The van der Waals surface area contributed by atoms with Crippen molar-refractivity contribution in [3.8, 4) is 6.07 Å². The maximum atomic E-state index is 13.2. The Morgan fingerprint density at radius 1 is 1.50 bits per heavy atom. The van der Waals surface area contributed by atoms with Crippen LogP contribution in [0.4, 0.5) is 14.5 Å². The number of hydrogen-bond acceptors (Lipinski definition) is 4. The first kappa shape index (κ1) is 11.9. The molecule has 0 aliphatic carbocycles. The fraction of sp³-hybridized carbons (Fsp3) is 0.200. The topological polar surface area (TPSA) is 62.1 Å². The molecule has 1 aromatic carbocycles. The molecule has 0 saturated carbocycles. The summed E-state index contributed by atoms with van der Waals surface area (Å²) in [6, 6.07) is 3.37. The maximum absolute atomic E-state index is 13.2. The van der Waals surface area contributed by atoms with Gasteiger partial charge in [0.15, 0.2) is 11.6 Å². The van der Waals surface area contributed by atoms with Crippen LogP contribution in [0.3, 0.4) is 0 Å². The third-order valence-corrected chi connectivity index (χ3v) is 1.81. The molecule has 84 valence electrons. The van der Waals surface area contributed by atoms with Crippen LogP contribution in [0.25, 0.3) is 0 Å². The summed E-state index contributed by atoms with van der Waals surface area (Å²) >= 11 is 0. The van der Waals surface area contributed by atoms with Crippen molar-refractivity contribution in [2.24, 2.45) is 0 Å². The van der Waals surface area contributed by atoms with Gasteiger partial charge in [-0.05, 0) is 12.1 Å². The van der Waals surface area contributed by atoms with Crippen molar-refractivity contribution < 1.29 is 18.3 Å². The number of nitrogens with one attached hydrogen (secondary N) is 1. The van der Waals surface area contributed by atoms with Gasteiger partial charge in [0.05, 0.1) is 18.7 Å². The Balaban J connectivity index is 2.89. The molecule has 0 saturated heterocycles. The first-order valence-electron chi connectivity index (χ1n) is 4.28. The molecule has 4 nitrogen and oxygen atoms in total. The number of carbonyl (C=O) groups excluding carboxylic acids is 1. The second-order valence-corrected chi connectivity index (χ2v) is 2.86. The largest absolute Gasteiger partial charge is 0.468 e. The van der Waals surface area contributed by atoms with E-state index in [1.165, 1.54) is 0 Å². The van der Waals surface area contributed by atoms with Crippen LogP contribution in [-0.4, -0.2) is 19.6 Å². The van der Waals surface area contributed by atoms with Crippen molar-refractivity contribution in [1.29, 1.82) is 5.26 Å². The lowest BCUT2D eigenvalue weighted by Gasteiger charge is -2.07. The normalized spacial score (nSPS) is 9.38. The number of benzene rings is 1. The minimum absolute atomic E-state index is 0.126. The number of anilines is 1. The minimum atomic E-state index is -0.930. The summed E-state index contributed by atoms with van der Waals surface area (Å²) in [4.78, 5) is 10.7. The fourth-order valence-corrected chi connectivity index (χ4v) is 1.04. The number of halogens is 2. The second kappa shape index (κ2) is 5.07. The Labute approximate surface area is 90.4 Å². The number of esters is 1. The number of rotatable bonds is 3. The van der Waals surface area contributed by atoms with Crippen LogP contribution in [0, 0.1) is 23.0 Å². The standard InChI is InChI=1S/C10H8F2N2O2/c1-16-9(15)5-14-10-7(11)2-6(4-13)3-8(10)12/h2-3,14H,5H2,1H3. The fourth-order valence-electron chi connectivity index (χ4n) is 1.04. The lowest BCUT2D eigenvalue weighted by atomic mass is 10.2. The predicted molar refractivity (Wildman–Crippen MR) is 51.6 cm³/mol. The SMILES string of the molecule is COC(=O)CNc1c(F)cc(C#N)cc1F. The molecule has 0 unspecified atom stereocenters. The summed E-state index contributed by atoms with van der Waals surface area (Å²) in [5.41, 5.74) is -0.581. The molecular formula is C10H8F2N2O2. The molecule has 0 amide bonds. The summed E-state index contributed by atoms with van der Waals surface area (Å²) in [7, 11) is 1.16. The molecule has 1 aromatic rings. The number of carbonyl (C=O) groups is 1. The smallest absolute Gasteiger partial charge is 0.325 e. The van der Waals surface area contributed by atoms with E-state index >= 15 is 0 Å². The Morgan fingerprint density at radius 3 is 2.50 bits per heavy atom. The van der Waals surface area contributed by atoms with Crippen LogP contribution >= 0.6 is 0 Å². The molecule has 0 fully saturated rings. The van der Waals surface area contributed by atoms with Crippen LogP contribution < -0.4 is 5.32 Å². The van der Waals surface area contributed by atoms with Crippen LogP contribution in [0.1, 0.15) is 5.56 Å². The molecule has 0 radical (unpaired) electrons. The molecule has 16 heavy (non-hydrogen) atoms. The van der Waals surface area contributed by atoms with Crippen molar-refractivity contribution in [3.63, 3.8) is 0 Å². The first-order valence-corrected chi connectivity index (χ1v) is 4.28. The van der Waals surface area contributed by atoms with Crippen LogP contribution in [0.5, 0.6) is 0 Å². The predicted octanol–water partition coefficient (Wildman–Crippen LogP) is 1.42. The van der Waals surface area contributed by atoms with E-state index in [9.17, 15) is 13.6 Å². The van der Waals surface area contributed by atoms with E-state index in [4.69, 9.17) is 5.26 Å². The molecule has 0 heterocycles. The highest BCUT2D eigenvalue weighted by Crippen LogP contribution is 2.20. The molecule has 6 heteroatoms. The van der Waals surface area contributed by atoms with Gasteiger partial charge >= 0.3 is 5.97 Å². The Morgan fingerprint density at radius 2 is 2.06 bits per heavy atom. The summed E-state index contributed by atoms with van der Waals surface area (Å²) < 4.78 is 30.8. The summed E-state index contributed by atoms with van der Waals surface area (Å²) in [6.07, 6.45) is 0. The third kappa shape index (κ3) is 2.67. The van der Waals surface area contributed by atoms with Crippen molar-refractivity contribution in [3.05, 3.63) is 29.3 Å². The highest BCUT2D eigenvalue weighted by atomic mass is 19.1. The lowest BCUT2D eigenvalue weighted by Crippen LogP contribution is -2.16. The number of methoxy groups -OCH3 is 1. The second-order valence-electron chi connectivity index (χ2n) is 2.86. The van der Waals surface area contributed by atoms with E-state index in [2.05, 4.69) is 10.1 Å². The van der Waals surface area contributed by atoms with Crippen LogP contribution in [-0.2, 0) is 9.53 Å². The van der Waals surface area contributed by atoms with Gasteiger partial charge in [-0.2, -0.15) is 5.26 Å². The van der Waals surface area contributed by atoms with Gasteiger partial charge in [-0.3, -0.25) is 4.79 Å². The van der Waals surface area contributed by atoms with E-state index < -0.39 is 23.3 Å². The zero-order chi connectivity index (χ0) is 12.1. The average Bonchev–Trinajstić information content (AvgIpc) is 2.27. The van der Waals surface area contributed by atoms with Crippen molar-refractivity contribution in [2.45, 2.75) is 0 Å². The minimum Gasteiger partial charge on any atom is -0.468 e. The van der Waals surface area contributed by atoms with Gasteiger partial charge in [-0.25, -0.2) is 8.78 Å². The average molecular weight is 226 g/mol. The van der Waals surface area contributed by atoms with Crippen molar-refractivity contribution in [2.75, 3.05) is 19.0 Å². The summed E-state index contributed by atoms with van der Waals surface area (Å²) in [5.74, 6) is -2.51. The van der Waals surface area contributed by atoms with Gasteiger partial charge in [0.25, 0.3) is 0 Å². The zero-order valence-electron chi connectivity index (χ0n) is 8.38. The summed E-state index contributed by atoms with van der Waals surface area (Å²) in [5, 5.41) is 10.7.